The van der Waals surface area contributed by atoms with E-state index in [0.717, 1.165) is 12.8 Å². The van der Waals surface area contributed by atoms with Gasteiger partial charge in [0.25, 0.3) is 5.56 Å². The minimum Gasteiger partial charge on any atom is -0.349 e. The summed E-state index contributed by atoms with van der Waals surface area (Å²) in [6.07, 6.45) is 1.93. The Morgan fingerprint density at radius 1 is 1.23 bits per heavy atom. The lowest BCUT2D eigenvalue weighted by atomic mass is 10.1. The average molecular weight is 365 g/mol. The Balaban J connectivity index is 1.46. The smallest absolute Gasteiger partial charge is 0.261 e. The molecule has 1 atom stereocenters. The molecular formula is C20H19N3O2S. The third-order valence-corrected chi connectivity index (χ3v) is 5.77. The monoisotopic (exact) mass is 365 g/mol. The number of aryl methyl sites for hydroxylation is 1. The van der Waals surface area contributed by atoms with E-state index in [1.807, 2.05) is 30.3 Å². The van der Waals surface area contributed by atoms with Crippen molar-refractivity contribution in [2.75, 3.05) is 5.75 Å². The van der Waals surface area contributed by atoms with Crippen LogP contribution in [0.4, 0.5) is 0 Å². The fraction of sp³-hybridized carbons (Fsp3) is 0.250. The number of hydrogen-bond donors (Lipinski definition) is 1. The summed E-state index contributed by atoms with van der Waals surface area (Å²) < 4.78 is 1.51. The van der Waals surface area contributed by atoms with Crippen molar-refractivity contribution in [3.63, 3.8) is 0 Å². The van der Waals surface area contributed by atoms with E-state index < -0.39 is 0 Å². The number of hydrogen-bond acceptors (Lipinski definition) is 4. The van der Waals surface area contributed by atoms with Crippen LogP contribution < -0.4 is 10.9 Å². The average Bonchev–Trinajstić information content (AvgIpc) is 3.06. The molecule has 26 heavy (non-hydrogen) atoms. The summed E-state index contributed by atoms with van der Waals surface area (Å²) >= 11 is 1.29. The number of para-hydroxylation sites is 1. The Bertz CT molecular complexity index is 1040. The van der Waals surface area contributed by atoms with E-state index in [0.29, 0.717) is 16.1 Å². The van der Waals surface area contributed by atoms with Gasteiger partial charge in [0.15, 0.2) is 5.16 Å². The van der Waals surface area contributed by atoms with Crippen molar-refractivity contribution in [3.05, 3.63) is 70.0 Å². The highest BCUT2D eigenvalue weighted by atomic mass is 32.2. The molecule has 1 aliphatic carbocycles. The molecule has 1 N–H and O–H groups in total. The number of aromatic nitrogens is 2. The van der Waals surface area contributed by atoms with Crippen LogP contribution in [0.2, 0.25) is 0 Å². The standard InChI is InChI=1S/C20H19N3O2S/c1-23-19(25)15-8-4-5-9-16(15)22-20(23)26-12-18(24)21-17-11-10-13-6-2-3-7-14(13)17/h2-9,17H,10-12H2,1H3,(H,21,24)/t17-/m0/s1. The highest BCUT2D eigenvalue weighted by molar-refractivity contribution is 7.99. The first-order valence-corrected chi connectivity index (χ1v) is 9.58. The summed E-state index contributed by atoms with van der Waals surface area (Å²) in [6, 6.07) is 15.6. The maximum atomic E-state index is 12.4. The van der Waals surface area contributed by atoms with Gasteiger partial charge in [-0.2, -0.15) is 0 Å². The second kappa shape index (κ2) is 6.96. The van der Waals surface area contributed by atoms with Crippen molar-refractivity contribution in [3.8, 4) is 0 Å². The summed E-state index contributed by atoms with van der Waals surface area (Å²) in [5.74, 6) is 0.191. The van der Waals surface area contributed by atoms with E-state index in [4.69, 9.17) is 0 Å². The van der Waals surface area contributed by atoms with E-state index in [1.165, 1.54) is 27.5 Å². The Morgan fingerprint density at radius 3 is 2.88 bits per heavy atom. The highest BCUT2D eigenvalue weighted by Gasteiger charge is 2.23. The van der Waals surface area contributed by atoms with Crippen molar-refractivity contribution in [2.24, 2.45) is 7.05 Å². The fourth-order valence-corrected chi connectivity index (χ4v) is 4.18. The molecule has 0 radical (unpaired) electrons. The number of fused-ring (bicyclic) bond motifs is 2. The van der Waals surface area contributed by atoms with Gasteiger partial charge in [0.05, 0.1) is 22.7 Å². The van der Waals surface area contributed by atoms with Gasteiger partial charge in [-0.15, -0.1) is 0 Å². The zero-order valence-electron chi connectivity index (χ0n) is 14.4. The van der Waals surface area contributed by atoms with E-state index in [9.17, 15) is 9.59 Å². The van der Waals surface area contributed by atoms with Gasteiger partial charge in [-0.3, -0.25) is 14.2 Å². The van der Waals surface area contributed by atoms with E-state index >= 15 is 0 Å². The second-order valence-electron chi connectivity index (χ2n) is 6.42. The van der Waals surface area contributed by atoms with Gasteiger partial charge in [0.2, 0.25) is 5.91 Å². The first-order chi connectivity index (χ1) is 12.6. The molecule has 0 saturated carbocycles. The zero-order valence-corrected chi connectivity index (χ0v) is 15.3. The van der Waals surface area contributed by atoms with Crippen molar-refractivity contribution in [2.45, 2.75) is 24.0 Å². The molecule has 1 aliphatic rings. The Hall–Kier alpha value is -2.60. The Labute approximate surface area is 155 Å². The number of amides is 1. The van der Waals surface area contributed by atoms with E-state index in [-0.39, 0.29) is 23.3 Å². The molecule has 132 valence electrons. The van der Waals surface area contributed by atoms with Crippen LogP contribution in [-0.4, -0.2) is 21.2 Å². The predicted octanol–water partition coefficient (Wildman–Crippen LogP) is 2.83. The van der Waals surface area contributed by atoms with Gasteiger partial charge in [-0.05, 0) is 36.1 Å². The lowest BCUT2D eigenvalue weighted by Crippen LogP contribution is -2.29. The summed E-state index contributed by atoms with van der Waals surface area (Å²) in [5.41, 5.74) is 3.08. The Morgan fingerprint density at radius 2 is 2.00 bits per heavy atom. The van der Waals surface area contributed by atoms with Crippen LogP contribution in [0.3, 0.4) is 0 Å². The number of thioether (sulfide) groups is 1. The van der Waals surface area contributed by atoms with Crippen LogP contribution in [0, 0.1) is 0 Å². The summed E-state index contributed by atoms with van der Waals surface area (Å²) in [5, 5.41) is 4.24. The topological polar surface area (TPSA) is 64.0 Å². The molecule has 1 aromatic heterocycles. The summed E-state index contributed by atoms with van der Waals surface area (Å²) in [7, 11) is 1.69. The number of rotatable bonds is 4. The number of carbonyl (C=O) groups excluding carboxylic acids is 1. The van der Waals surface area contributed by atoms with Crippen molar-refractivity contribution < 1.29 is 4.79 Å². The highest BCUT2D eigenvalue weighted by Crippen LogP contribution is 2.30. The van der Waals surface area contributed by atoms with E-state index in [2.05, 4.69) is 22.4 Å². The quantitative estimate of drug-likeness (QED) is 0.570. The third-order valence-electron chi connectivity index (χ3n) is 4.74. The first kappa shape index (κ1) is 16.8. The molecule has 1 amide bonds. The summed E-state index contributed by atoms with van der Waals surface area (Å²) in [6.45, 7) is 0. The van der Waals surface area contributed by atoms with E-state index in [1.54, 1.807) is 13.1 Å². The SMILES string of the molecule is Cn1c(SCC(=O)N[C@H]2CCc3ccccc32)nc2ccccc2c1=O. The zero-order chi connectivity index (χ0) is 18.1. The molecule has 0 unspecified atom stereocenters. The largest absolute Gasteiger partial charge is 0.349 e. The van der Waals surface area contributed by atoms with Gasteiger partial charge < -0.3 is 5.32 Å². The van der Waals surface area contributed by atoms with Crippen LogP contribution >= 0.6 is 11.8 Å². The van der Waals surface area contributed by atoms with Gasteiger partial charge in [0.1, 0.15) is 0 Å². The molecule has 5 nitrogen and oxygen atoms in total. The number of nitrogens with one attached hydrogen (secondary N) is 1. The van der Waals surface area contributed by atoms with Crippen LogP contribution in [0.25, 0.3) is 10.9 Å². The molecule has 0 saturated heterocycles. The molecule has 1 heterocycles. The second-order valence-corrected chi connectivity index (χ2v) is 7.36. The van der Waals surface area contributed by atoms with Gasteiger partial charge >= 0.3 is 0 Å². The third kappa shape index (κ3) is 3.12. The minimum absolute atomic E-state index is 0.0425. The Kier molecular flexibility index (Phi) is 4.51. The number of nitrogens with zero attached hydrogens (tertiary/aromatic N) is 2. The maximum Gasteiger partial charge on any atom is 0.261 e. The van der Waals surface area contributed by atoms with Crippen LogP contribution in [-0.2, 0) is 18.3 Å². The lowest BCUT2D eigenvalue weighted by Gasteiger charge is -2.14. The number of benzene rings is 2. The van der Waals surface area contributed by atoms with Gasteiger partial charge in [-0.25, -0.2) is 4.98 Å². The maximum absolute atomic E-state index is 12.4. The normalized spacial score (nSPS) is 15.8. The molecule has 0 fully saturated rings. The molecule has 6 heteroatoms. The summed E-state index contributed by atoms with van der Waals surface area (Å²) in [4.78, 5) is 29.3. The predicted molar refractivity (Wildman–Crippen MR) is 103 cm³/mol. The van der Waals surface area contributed by atoms with Gasteiger partial charge in [-0.1, -0.05) is 48.2 Å². The minimum atomic E-state index is -0.0942. The molecule has 0 bridgehead atoms. The van der Waals surface area contributed by atoms with Gasteiger partial charge in [0, 0.05) is 7.05 Å². The first-order valence-electron chi connectivity index (χ1n) is 8.59. The van der Waals surface area contributed by atoms with Crippen LogP contribution in [0.1, 0.15) is 23.6 Å². The molecule has 0 spiro atoms. The van der Waals surface area contributed by atoms with Crippen molar-refractivity contribution in [1.82, 2.24) is 14.9 Å². The molecule has 3 aromatic rings. The fourth-order valence-electron chi connectivity index (χ4n) is 3.40. The molecule has 4 rings (SSSR count). The van der Waals surface area contributed by atoms with Crippen LogP contribution in [0.5, 0.6) is 0 Å². The lowest BCUT2D eigenvalue weighted by molar-refractivity contribution is -0.119. The van der Waals surface area contributed by atoms with Crippen molar-refractivity contribution in [1.29, 1.82) is 0 Å². The van der Waals surface area contributed by atoms with Crippen LogP contribution in [0.15, 0.2) is 58.5 Å². The van der Waals surface area contributed by atoms with Crippen molar-refractivity contribution >= 4 is 28.6 Å². The molecular weight excluding hydrogens is 346 g/mol. The molecule has 0 aliphatic heterocycles. The number of carbonyl (C=O) groups is 1. The molecule has 2 aromatic carbocycles.